The van der Waals surface area contributed by atoms with Crippen molar-refractivity contribution in [2.45, 2.75) is 30.8 Å². The Hall–Kier alpha value is -3.22. The van der Waals surface area contributed by atoms with E-state index in [0.29, 0.717) is 13.2 Å². The van der Waals surface area contributed by atoms with Crippen LogP contribution in [-0.4, -0.2) is 36.8 Å². The number of benzene rings is 4. The molecule has 0 aliphatic heterocycles. The van der Waals surface area contributed by atoms with Crippen molar-refractivity contribution >= 4 is 36.6 Å². The van der Waals surface area contributed by atoms with Gasteiger partial charge < -0.3 is 20.1 Å². The average Bonchev–Trinajstić information content (AvgIpc) is 2.96. The van der Waals surface area contributed by atoms with Crippen LogP contribution in [0.5, 0.6) is 11.5 Å². The van der Waals surface area contributed by atoms with Crippen LogP contribution in [0.15, 0.2) is 97.1 Å². The summed E-state index contributed by atoms with van der Waals surface area (Å²) in [7, 11) is 0. The van der Waals surface area contributed by atoms with E-state index in [-0.39, 0.29) is 10.5 Å². The van der Waals surface area contributed by atoms with E-state index in [1.54, 1.807) is 0 Å². The van der Waals surface area contributed by atoms with Crippen LogP contribution in [0.4, 0.5) is 11.4 Å². The van der Waals surface area contributed by atoms with Gasteiger partial charge in [0.25, 0.3) is 0 Å². The molecule has 2 unspecified atom stereocenters. The maximum atomic E-state index is 5.83. The van der Waals surface area contributed by atoms with E-state index < -0.39 is 0 Å². The zero-order valence-corrected chi connectivity index (χ0v) is 24.4. The zero-order valence-electron chi connectivity index (χ0n) is 22.6. The summed E-state index contributed by atoms with van der Waals surface area (Å²) in [4.78, 5) is 0. The van der Waals surface area contributed by atoms with E-state index in [0.717, 1.165) is 42.4 Å². The van der Waals surface area contributed by atoms with Gasteiger partial charge in [-0.1, -0.05) is 59.7 Å². The molecule has 0 radical (unpaired) electrons. The van der Waals surface area contributed by atoms with Gasteiger partial charge in [0.15, 0.2) is 0 Å². The molecule has 4 aromatic carbocycles. The second-order valence-corrected chi connectivity index (χ2v) is 11.3. The second-order valence-electron chi connectivity index (χ2n) is 9.89. The quantitative estimate of drug-likeness (QED) is 0.121. The van der Waals surface area contributed by atoms with Crippen molar-refractivity contribution in [1.29, 1.82) is 0 Å². The molecule has 2 N–H and O–H groups in total. The largest absolute Gasteiger partial charge is 0.492 e. The fourth-order valence-electron chi connectivity index (χ4n) is 3.96. The van der Waals surface area contributed by atoms with E-state index in [2.05, 4.69) is 123 Å². The third-order valence-corrected chi connectivity index (χ3v) is 6.99. The SMILES string of the molecule is Cc1ccc(OCC(S)CNc2ccc(Cc3ccc(NCC(S)COc4ccc(C)cc4)cc3)cc2)cc1. The Kier molecular flexibility index (Phi) is 10.9. The maximum absolute atomic E-state index is 5.83. The molecule has 6 heteroatoms. The summed E-state index contributed by atoms with van der Waals surface area (Å²) in [6, 6.07) is 33.4. The van der Waals surface area contributed by atoms with Crippen molar-refractivity contribution in [3.8, 4) is 11.5 Å². The summed E-state index contributed by atoms with van der Waals surface area (Å²) < 4.78 is 11.7. The lowest BCUT2D eigenvalue weighted by molar-refractivity contribution is 0.320. The van der Waals surface area contributed by atoms with Crippen molar-refractivity contribution in [3.63, 3.8) is 0 Å². The fourth-order valence-corrected chi connectivity index (χ4v) is 4.29. The average molecular weight is 559 g/mol. The van der Waals surface area contributed by atoms with E-state index in [4.69, 9.17) is 9.47 Å². The highest BCUT2D eigenvalue weighted by Crippen LogP contribution is 2.18. The van der Waals surface area contributed by atoms with E-state index in [1.807, 2.05) is 24.3 Å². The lowest BCUT2D eigenvalue weighted by atomic mass is 10.0. The normalized spacial score (nSPS) is 12.4. The number of hydrogen-bond acceptors (Lipinski definition) is 6. The van der Waals surface area contributed by atoms with E-state index in [1.165, 1.54) is 22.3 Å². The van der Waals surface area contributed by atoms with Crippen LogP contribution in [0.25, 0.3) is 0 Å². The molecule has 2 atom stereocenters. The molecule has 0 spiro atoms. The first-order chi connectivity index (χ1) is 18.9. The number of nitrogens with one attached hydrogen (secondary N) is 2. The fraction of sp³-hybridized carbons (Fsp3) is 0.273. The van der Waals surface area contributed by atoms with Gasteiger partial charge in [0.1, 0.15) is 24.7 Å². The molecular weight excluding hydrogens is 521 g/mol. The first-order valence-corrected chi connectivity index (χ1v) is 14.4. The molecule has 0 heterocycles. The molecule has 204 valence electrons. The number of aryl methyl sites for hydroxylation is 2. The molecule has 4 rings (SSSR count). The highest BCUT2D eigenvalue weighted by atomic mass is 32.1. The highest BCUT2D eigenvalue weighted by molar-refractivity contribution is 7.81. The summed E-state index contributed by atoms with van der Waals surface area (Å²) in [5.74, 6) is 1.75. The molecule has 4 nitrogen and oxygen atoms in total. The molecule has 0 saturated heterocycles. The van der Waals surface area contributed by atoms with Crippen molar-refractivity contribution in [2.24, 2.45) is 0 Å². The molecule has 0 saturated carbocycles. The van der Waals surface area contributed by atoms with Crippen LogP contribution < -0.4 is 20.1 Å². The molecule has 0 amide bonds. The maximum Gasteiger partial charge on any atom is 0.119 e. The molecule has 39 heavy (non-hydrogen) atoms. The minimum absolute atomic E-state index is 0.0941. The molecule has 0 bridgehead atoms. The first kappa shape index (κ1) is 28.8. The third kappa shape index (κ3) is 10.1. The lowest BCUT2D eigenvalue weighted by Crippen LogP contribution is -2.21. The van der Waals surface area contributed by atoms with Crippen LogP contribution >= 0.6 is 25.3 Å². The monoisotopic (exact) mass is 558 g/mol. The van der Waals surface area contributed by atoms with Gasteiger partial charge in [0, 0.05) is 24.5 Å². The second kappa shape index (κ2) is 14.8. The van der Waals surface area contributed by atoms with E-state index >= 15 is 0 Å². The standard InChI is InChI=1S/C33H38N2O2S2/c1-24-3-15-30(16-4-24)36-22-32(38)20-34-28-11-7-26(8-12-28)19-27-9-13-29(14-10-27)35-21-33(39)23-37-31-17-5-25(2)6-18-31/h3-18,32-35,38-39H,19-23H2,1-2H3. The summed E-state index contributed by atoms with van der Waals surface area (Å²) in [6.07, 6.45) is 0.889. The van der Waals surface area contributed by atoms with Gasteiger partial charge in [-0.05, 0) is 79.9 Å². The summed E-state index contributed by atoms with van der Waals surface area (Å²) in [5, 5.41) is 7.09. The predicted molar refractivity (Wildman–Crippen MR) is 172 cm³/mol. The molecule has 0 aromatic heterocycles. The number of rotatable bonds is 14. The molecule has 0 aliphatic carbocycles. The van der Waals surface area contributed by atoms with Gasteiger partial charge in [-0.2, -0.15) is 25.3 Å². The van der Waals surface area contributed by atoms with Gasteiger partial charge in [-0.25, -0.2) is 0 Å². The topological polar surface area (TPSA) is 42.5 Å². The Morgan fingerprint density at radius 2 is 0.897 bits per heavy atom. The summed E-state index contributed by atoms with van der Waals surface area (Å²) >= 11 is 9.31. The minimum Gasteiger partial charge on any atom is -0.492 e. The highest BCUT2D eigenvalue weighted by Gasteiger charge is 2.07. The minimum atomic E-state index is 0.0941. The number of thiol groups is 2. The van der Waals surface area contributed by atoms with Gasteiger partial charge in [0.2, 0.25) is 0 Å². The number of hydrogen-bond donors (Lipinski definition) is 4. The van der Waals surface area contributed by atoms with Crippen molar-refractivity contribution in [3.05, 3.63) is 119 Å². The Morgan fingerprint density at radius 1 is 0.538 bits per heavy atom. The van der Waals surface area contributed by atoms with Crippen LogP contribution in [0.1, 0.15) is 22.3 Å². The van der Waals surface area contributed by atoms with Crippen molar-refractivity contribution < 1.29 is 9.47 Å². The molecule has 0 fully saturated rings. The van der Waals surface area contributed by atoms with Crippen LogP contribution in [0.3, 0.4) is 0 Å². The van der Waals surface area contributed by atoms with Gasteiger partial charge in [-0.3, -0.25) is 0 Å². The Bertz CT molecular complexity index is 1160. The van der Waals surface area contributed by atoms with Crippen LogP contribution in [0, 0.1) is 13.8 Å². The first-order valence-electron chi connectivity index (χ1n) is 13.3. The molecule has 0 aliphatic rings. The lowest BCUT2D eigenvalue weighted by Gasteiger charge is -2.15. The van der Waals surface area contributed by atoms with Crippen LogP contribution in [0.2, 0.25) is 0 Å². The number of ether oxygens (including phenoxy) is 2. The Labute approximate surface area is 244 Å². The molecule has 4 aromatic rings. The summed E-state index contributed by atoms with van der Waals surface area (Å²) in [6.45, 7) is 6.71. The van der Waals surface area contributed by atoms with E-state index in [9.17, 15) is 0 Å². The van der Waals surface area contributed by atoms with Crippen molar-refractivity contribution in [1.82, 2.24) is 0 Å². The number of anilines is 2. The third-order valence-electron chi connectivity index (χ3n) is 6.33. The smallest absolute Gasteiger partial charge is 0.119 e. The Morgan fingerprint density at radius 3 is 1.26 bits per heavy atom. The van der Waals surface area contributed by atoms with Gasteiger partial charge in [-0.15, -0.1) is 0 Å². The van der Waals surface area contributed by atoms with Crippen molar-refractivity contribution in [2.75, 3.05) is 36.9 Å². The molecular formula is C33H38N2O2S2. The van der Waals surface area contributed by atoms with Crippen LogP contribution in [-0.2, 0) is 6.42 Å². The van der Waals surface area contributed by atoms with Gasteiger partial charge >= 0.3 is 0 Å². The van der Waals surface area contributed by atoms with Gasteiger partial charge in [0.05, 0.1) is 10.5 Å². The summed E-state index contributed by atoms with van der Waals surface area (Å²) in [5.41, 5.74) is 7.16. The Balaban J connectivity index is 1.15. The predicted octanol–water partition coefficient (Wildman–Crippen LogP) is 7.47. The zero-order chi connectivity index (χ0) is 27.5.